The molecule has 0 heterocycles. The number of nitrogens with two attached hydrogens (primary N) is 1. The van der Waals surface area contributed by atoms with Crippen LogP contribution < -0.4 is 5.73 Å². The van der Waals surface area contributed by atoms with Gasteiger partial charge >= 0.3 is 0 Å². The minimum atomic E-state index is -0.257. The molecule has 0 aromatic heterocycles. The molecule has 0 saturated heterocycles. The number of hydrogen-bond acceptors (Lipinski definition) is 3. The smallest absolute Gasteiger partial charge is 0.0640 e. The van der Waals surface area contributed by atoms with Crippen molar-refractivity contribution in [3.05, 3.63) is 0 Å². The summed E-state index contributed by atoms with van der Waals surface area (Å²) in [6, 6.07) is 2.05. The van der Waals surface area contributed by atoms with Crippen molar-refractivity contribution in [3.8, 4) is 6.07 Å². The molecule has 0 rings (SSSR count). The van der Waals surface area contributed by atoms with Crippen LogP contribution in [0.25, 0.3) is 0 Å². The van der Waals surface area contributed by atoms with Gasteiger partial charge in [-0.3, -0.25) is 0 Å². The van der Waals surface area contributed by atoms with E-state index in [2.05, 4.69) is 6.07 Å². The van der Waals surface area contributed by atoms with Crippen molar-refractivity contribution < 1.29 is 4.74 Å². The molecule has 0 fully saturated rings. The van der Waals surface area contributed by atoms with Gasteiger partial charge < -0.3 is 10.5 Å². The molecule has 0 spiro atoms. The van der Waals surface area contributed by atoms with Crippen molar-refractivity contribution in [1.29, 1.82) is 5.26 Å². The summed E-state index contributed by atoms with van der Waals surface area (Å²) in [5, 5.41) is 8.20. The molecule has 11 heavy (non-hydrogen) atoms. The normalized spacial score (nSPS) is 11.1. The van der Waals surface area contributed by atoms with E-state index in [1.54, 1.807) is 0 Å². The predicted molar refractivity (Wildman–Crippen MR) is 43.9 cm³/mol. The Bertz CT molecular complexity index is 132. The number of hydrogen-bond donors (Lipinski definition) is 1. The average Bonchev–Trinajstić information content (AvgIpc) is 1.85. The van der Waals surface area contributed by atoms with E-state index in [0.29, 0.717) is 19.6 Å². The number of unbranched alkanes of at least 4 members (excludes halogenated alkanes) is 1. The number of rotatable bonds is 5. The van der Waals surface area contributed by atoms with E-state index in [4.69, 9.17) is 15.7 Å². The second-order valence-electron chi connectivity index (χ2n) is 3.30. The second kappa shape index (κ2) is 5.11. The molecule has 0 radical (unpaired) electrons. The zero-order chi connectivity index (χ0) is 8.74. The van der Waals surface area contributed by atoms with Crippen LogP contribution in [0.15, 0.2) is 0 Å². The molecule has 0 aromatic rings. The molecule has 0 aliphatic heterocycles. The van der Waals surface area contributed by atoms with Crippen LogP contribution in [0.3, 0.4) is 0 Å². The van der Waals surface area contributed by atoms with E-state index in [-0.39, 0.29) is 5.54 Å². The number of ether oxygens (including phenoxy) is 1. The molecule has 64 valence electrons. The van der Waals surface area contributed by atoms with Gasteiger partial charge in [-0.2, -0.15) is 5.26 Å². The topological polar surface area (TPSA) is 59.0 Å². The van der Waals surface area contributed by atoms with Crippen molar-refractivity contribution in [1.82, 2.24) is 0 Å². The van der Waals surface area contributed by atoms with Crippen molar-refractivity contribution in [3.63, 3.8) is 0 Å². The molecule has 0 aromatic carbocycles. The maximum Gasteiger partial charge on any atom is 0.0640 e. The Balaban J connectivity index is 3.10. The molecule has 0 aliphatic rings. The first-order valence-electron chi connectivity index (χ1n) is 3.80. The van der Waals surface area contributed by atoms with Crippen LogP contribution in [0, 0.1) is 11.3 Å². The lowest BCUT2D eigenvalue weighted by molar-refractivity contribution is 0.0961. The Morgan fingerprint density at radius 1 is 1.55 bits per heavy atom. The molecule has 0 unspecified atom stereocenters. The van der Waals surface area contributed by atoms with Crippen LogP contribution in [0.5, 0.6) is 0 Å². The highest BCUT2D eigenvalue weighted by molar-refractivity contribution is 4.71. The van der Waals surface area contributed by atoms with E-state index in [0.717, 1.165) is 6.42 Å². The summed E-state index contributed by atoms with van der Waals surface area (Å²) >= 11 is 0. The van der Waals surface area contributed by atoms with Gasteiger partial charge in [-0.05, 0) is 20.3 Å². The summed E-state index contributed by atoms with van der Waals surface area (Å²) in [6.45, 7) is 5.02. The van der Waals surface area contributed by atoms with E-state index < -0.39 is 0 Å². The third-order valence-electron chi connectivity index (χ3n) is 1.05. The standard InChI is InChI=1S/C8H16N2O/c1-8(2,10)7-11-6-4-3-5-9/h3-4,6-7,10H2,1-2H3. The highest BCUT2D eigenvalue weighted by atomic mass is 16.5. The second-order valence-corrected chi connectivity index (χ2v) is 3.30. The molecule has 0 saturated carbocycles. The first-order chi connectivity index (χ1) is 5.06. The Morgan fingerprint density at radius 3 is 2.64 bits per heavy atom. The van der Waals surface area contributed by atoms with Crippen LogP contribution in [-0.4, -0.2) is 18.8 Å². The molecule has 3 nitrogen and oxygen atoms in total. The van der Waals surface area contributed by atoms with Crippen molar-refractivity contribution in [2.75, 3.05) is 13.2 Å². The molecule has 0 bridgehead atoms. The molecular formula is C8H16N2O. The molecule has 3 heteroatoms. The molecule has 2 N–H and O–H groups in total. The zero-order valence-electron chi connectivity index (χ0n) is 7.26. The third-order valence-corrected chi connectivity index (χ3v) is 1.05. The Morgan fingerprint density at radius 2 is 2.18 bits per heavy atom. The van der Waals surface area contributed by atoms with E-state index in [9.17, 15) is 0 Å². The first-order valence-corrected chi connectivity index (χ1v) is 3.80. The van der Waals surface area contributed by atoms with Crippen LogP contribution in [0.1, 0.15) is 26.7 Å². The van der Waals surface area contributed by atoms with E-state index in [1.807, 2.05) is 13.8 Å². The van der Waals surface area contributed by atoms with E-state index >= 15 is 0 Å². The van der Waals surface area contributed by atoms with Crippen LogP contribution in [-0.2, 0) is 4.74 Å². The lowest BCUT2D eigenvalue weighted by Crippen LogP contribution is -2.37. The van der Waals surface area contributed by atoms with Gasteiger partial charge in [-0.1, -0.05) is 0 Å². The van der Waals surface area contributed by atoms with Crippen LogP contribution >= 0.6 is 0 Å². The van der Waals surface area contributed by atoms with Gasteiger partial charge in [0.15, 0.2) is 0 Å². The fraction of sp³-hybridized carbons (Fsp3) is 0.875. The van der Waals surface area contributed by atoms with Crippen molar-refractivity contribution in [2.24, 2.45) is 5.73 Å². The van der Waals surface area contributed by atoms with Gasteiger partial charge in [0.25, 0.3) is 0 Å². The highest BCUT2D eigenvalue weighted by Gasteiger charge is 2.09. The zero-order valence-corrected chi connectivity index (χ0v) is 7.26. The molecular weight excluding hydrogens is 140 g/mol. The SMILES string of the molecule is CC(C)(N)COCCCC#N. The van der Waals surface area contributed by atoms with Crippen LogP contribution in [0.2, 0.25) is 0 Å². The molecule has 0 atom stereocenters. The summed E-state index contributed by atoms with van der Waals surface area (Å²) in [4.78, 5) is 0. The minimum absolute atomic E-state index is 0.257. The highest BCUT2D eigenvalue weighted by Crippen LogP contribution is 1.97. The Hall–Kier alpha value is -0.590. The van der Waals surface area contributed by atoms with Gasteiger partial charge in [0.2, 0.25) is 0 Å². The largest absolute Gasteiger partial charge is 0.380 e. The predicted octanol–water partition coefficient (Wildman–Crippen LogP) is 1.04. The monoisotopic (exact) mass is 156 g/mol. The number of nitrogens with zero attached hydrogens (tertiary/aromatic N) is 1. The van der Waals surface area contributed by atoms with Gasteiger partial charge in [0, 0.05) is 18.6 Å². The Kier molecular flexibility index (Phi) is 4.84. The fourth-order valence-corrected chi connectivity index (χ4v) is 0.589. The summed E-state index contributed by atoms with van der Waals surface area (Å²) in [5.41, 5.74) is 5.40. The third kappa shape index (κ3) is 9.41. The maximum atomic E-state index is 8.20. The van der Waals surface area contributed by atoms with Crippen LogP contribution in [0.4, 0.5) is 0 Å². The summed E-state index contributed by atoms with van der Waals surface area (Å²) in [6.07, 6.45) is 1.36. The van der Waals surface area contributed by atoms with Gasteiger partial charge in [-0.25, -0.2) is 0 Å². The van der Waals surface area contributed by atoms with E-state index in [1.165, 1.54) is 0 Å². The molecule has 0 aliphatic carbocycles. The maximum absolute atomic E-state index is 8.20. The lowest BCUT2D eigenvalue weighted by atomic mass is 10.1. The van der Waals surface area contributed by atoms with Crippen molar-refractivity contribution >= 4 is 0 Å². The Labute approximate surface area is 68.1 Å². The summed E-state index contributed by atoms with van der Waals surface area (Å²) < 4.78 is 5.22. The lowest BCUT2D eigenvalue weighted by Gasteiger charge is -2.17. The number of nitriles is 1. The van der Waals surface area contributed by atoms with Gasteiger partial charge in [-0.15, -0.1) is 0 Å². The molecule has 0 amide bonds. The quantitative estimate of drug-likeness (QED) is 0.605. The summed E-state index contributed by atoms with van der Waals surface area (Å²) in [7, 11) is 0. The summed E-state index contributed by atoms with van der Waals surface area (Å²) in [5.74, 6) is 0. The van der Waals surface area contributed by atoms with Gasteiger partial charge in [0.05, 0.1) is 12.7 Å². The average molecular weight is 156 g/mol. The van der Waals surface area contributed by atoms with Gasteiger partial charge in [0.1, 0.15) is 0 Å². The van der Waals surface area contributed by atoms with Crippen molar-refractivity contribution in [2.45, 2.75) is 32.2 Å². The first kappa shape index (κ1) is 10.4. The minimum Gasteiger partial charge on any atom is -0.380 e. The fourth-order valence-electron chi connectivity index (χ4n) is 0.589.